The minimum atomic E-state index is -0.748. The third-order valence-corrected chi connectivity index (χ3v) is 5.43. The van der Waals surface area contributed by atoms with Crippen LogP contribution in [0.25, 0.3) is 0 Å². The summed E-state index contributed by atoms with van der Waals surface area (Å²) in [6.45, 7) is 6.01. The first-order valence-electron chi connectivity index (χ1n) is 10.5. The van der Waals surface area contributed by atoms with E-state index < -0.39 is 23.6 Å². The van der Waals surface area contributed by atoms with Crippen LogP contribution < -0.4 is 14.8 Å². The zero-order valence-corrected chi connectivity index (χ0v) is 19.1. The maximum absolute atomic E-state index is 13.5. The second-order valence-corrected chi connectivity index (χ2v) is 8.91. The summed E-state index contributed by atoms with van der Waals surface area (Å²) in [5.74, 6) is 0.597. The van der Waals surface area contributed by atoms with E-state index in [9.17, 15) is 14.7 Å². The SMILES string of the molecule is CNC(=O)[C@@H]1C[C@@H](O)CN1C(=O)[C@@H](n1cc(COc2ccccc2OC)nn1)C(C)(C)C. The highest BCUT2D eigenvalue weighted by Gasteiger charge is 2.45. The van der Waals surface area contributed by atoms with Gasteiger partial charge in [0.05, 0.1) is 19.4 Å². The number of aliphatic hydroxyl groups excluding tert-OH is 1. The van der Waals surface area contributed by atoms with Crippen LogP contribution in [-0.2, 0) is 16.2 Å². The van der Waals surface area contributed by atoms with Gasteiger partial charge in [0.25, 0.3) is 0 Å². The maximum atomic E-state index is 13.5. The quantitative estimate of drug-likeness (QED) is 0.656. The number of para-hydroxylation sites is 2. The van der Waals surface area contributed by atoms with Crippen molar-refractivity contribution in [2.45, 2.75) is 52.0 Å². The molecule has 2 aromatic rings. The molecule has 0 spiro atoms. The molecule has 32 heavy (non-hydrogen) atoms. The number of nitrogens with zero attached hydrogens (tertiary/aromatic N) is 4. The number of β-amino-alcohol motifs (C(OH)–C–C–N with tert-alkyl or cyclic N) is 1. The Labute approximate surface area is 187 Å². The van der Waals surface area contributed by atoms with Gasteiger partial charge in [0.2, 0.25) is 11.8 Å². The van der Waals surface area contributed by atoms with Crippen molar-refractivity contribution < 1.29 is 24.2 Å². The van der Waals surface area contributed by atoms with E-state index in [1.807, 2.05) is 32.9 Å². The van der Waals surface area contributed by atoms with Crippen LogP contribution in [0.15, 0.2) is 30.5 Å². The Kier molecular flexibility index (Phi) is 7.02. The van der Waals surface area contributed by atoms with Crippen molar-refractivity contribution in [2.24, 2.45) is 5.41 Å². The van der Waals surface area contributed by atoms with Crippen LogP contribution in [0.5, 0.6) is 11.5 Å². The van der Waals surface area contributed by atoms with Crippen molar-refractivity contribution in [2.75, 3.05) is 20.7 Å². The third kappa shape index (κ3) is 5.01. The van der Waals surface area contributed by atoms with Crippen molar-refractivity contribution in [1.29, 1.82) is 0 Å². The first-order valence-corrected chi connectivity index (χ1v) is 10.5. The summed E-state index contributed by atoms with van der Waals surface area (Å²) in [5, 5.41) is 21.0. The maximum Gasteiger partial charge on any atom is 0.248 e. The Balaban J connectivity index is 1.81. The van der Waals surface area contributed by atoms with Gasteiger partial charge in [-0.1, -0.05) is 38.1 Å². The zero-order valence-electron chi connectivity index (χ0n) is 19.1. The lowest BCUT2D eigenvalue weighted by Gasteiger charge is -2.34. The van der Waals surface area contributed by atoms with E-state index in [0.29, 0.717) is 17.2 Å². The molecule has 1 aliphatic heterocycles. The molecule has 3 atom stereocenters. The molecule has 3 rings (SSSR count). The fraction of sp³-hybridized carbons (Fsp3) is 0.545. The number of ether oxygens (including phenoxy) is 2. The fourth-order valence-electron chi connectivity index (χ4n) is 3.91. The van der Waals surface area contributed by atoms with E-state index in [4.69, 9.17) is 9.47 Å². The van der Waals surface area contributed by atoms with Gasteiger partial charge >= 0.3 is 0 Å². The summed E-state index contributed by atoms with van der Waals surface area (Å²) in [6, 6.07) is 5.85. The average Bonchev–Trinajstić information content (AvgIpc) is 3.37. The van der Waals surface area contributed by atoms with Crippen LogP contribution in [0.2, 0.25) is 0 Å². The highest BCUT2D eigenvalue weighted by molar-refractivity contribution is 5.90. The second-order valence-electron chi connectivity index (χ2n) is 8.91. The number of benzene rings is 1. The van der Waals surface area contributed by atoms with E-state index in [1.165, 1.54) is 16.6 Å². The molecule has 0 saturated carbocycles. The molecule has 1 fully saturated rings. The number of carbonyl (C=O) groups is 2. The van der Waals surface area contributed by atoms with E-state index in [-0.39, 0.29) is 31.4 Å². The van der Waals surface area contributed by atoms with Crippen molar-refractivity contribution >= 4 is 11.8 Å². The number of likely N-dealkylation sites (N-methyl/N-ethyl adjacent to an activating group) is 1. The lowest BCUT2D eigenvalue weighted by molar-refractivity contribution is -0.144. The van der Waals surface area contributed by atoms with Crippen LogP contribution in [0.1, 0.15) is 38.9 Å². The molecule has 10 nitrogen and oxygen atoms in total. The first-order chi connectivity index (χ1) is 15.2. The molecule has 10 heteroatoms. The minimum Gasteiger partial charge on any atom is -0.493 e. The lowest BCUT2D eigenvalue weighted by Crippen LogP contribution is -2.49. The summed E-state index contributed by atoms with van der Waals surface area (Å²) in [4.78, 5) is 27.3. The van der Waals surface area contributed by atoms with E-state index in [2.05, 4.69) is 15.6 Å². The fourth-order valence-corrected chi connectivity index (χ4v) is 3.91. The van der Waals surface area contributed by atoms with Crippen LogP contribution in [0, 0.1) is 5.41 Å². The van der Waals surface area contributed by atoms with E-state index >= 15 is 0 Å². The Morgan fingerprint density at radius 1 is 1.28 bits per heavy atom. The van der Waals surface area contributed by atoms with Gasteiger partial charge in [0.15, 0.2) is 11.5 Å². The number of aromatic nitrogens is 3. The number of nitrogens with one attached hydrogen (secondary N) is 1. The normalized spacial score (nSPS) is 19.5. The molecule has 2 N–H and O–H groups in total. The Morgan fingerprint density at radius 3 is 2.59 bits per heavy atom. The molecule has 0 radical (unpaired) electrons. The van der Waals surface area contributed by atoms with Gasteiger partial charge in [-0.15, -0.1) is 5.10 Å². The monoisotopic (exact) mass is 445 g/mol. The molecular weight excluding hydrogens is 414 g/mol. The van der Waals surface area contributed by atoms with Crippen LogP contribution >= 0.6 is 0 Å². The van der Waals surface area contributed by atoms with Crippen molar-refractivity contribution in [3.8, 4) is 11.5 Å². The van der Waals surface area contributed by atoms with Crippen molar-refractivity contribution in [1.82, 2.24) is 25.2 Å². The van der Waals surface area contributed by atoms with Gasteiger partial charge in [0.1, 0.15) is 24.4 Å². The minimum absolute atomic E-state index is 0.0992. The largest absolute Gasteiger partial charge is 0.493 e. The number of carbonyl (C=O) groups excluding carboxylic acids is 2. The highest BCUT2D eigenvalue weighted by atomic mass is 16.5. The van der Waals surface area contributed by atoms with Gasteiger partial charge in [-0.25, -0.2) is 4.68 Å². The van der Waals surface area contributed by atoms with Crippen LogP contribution in [0.4, 0.5) is 0 Å². The number of methoxy groups -OCH3 is 1. The first kappa shape index (κ1) is 23.5. The molecule has 2 heterocycles. The van der Waals surface area contributed by atoms with Crippen LogP contribution in [-0.4, -0.2) is 69.7 Å². The summed E-state index contributed by atoms with van der Waals surface area (Å²) >= 11 is 0. The number of aliphatic hydroxyl groups is 1. The molecule has 0 unspecified atom stereocenters. The molecule has 0 aliphatic carbocycles. The Hall–Kier alpha value is -3.14. The van der Waals surface area contributed by atoms with Gasteiger partial charge < -0.3 is 24.8 Å². The number of hydrogen-bond donors (Lipinski definition) is 2. The number of likely N-dealkylation sites (tertiary alicyclic amines) is 1. The molecule has 1 saturated heterocycles. The third-order valence-electron chi connectivity index (χ3n) is 5.43. The van der Waals surface area contributed by atoms with Crippen molar-refractivity contribution in [3.63, 3.8) is 0 Å². The van der Waals surface area contributed by atoms with Crippen LogP contribution in [0.3, 0.4) is 0 Å². The molecule has 174 valence electrons. The number of rotatable bonds is 7. The Bertz CT molecular complexity index is 954. The highest BCUT2D eigenvalue weighted by Crippen LogP contribution is 2.34. The predicted molar refractivity (Wildman–Crippen MR) is 116 cm³/mol. The van der Waals surface area contributed by atoms with E-state index in [1.54, 1.807) is 25.4 Å². The Morgan fingerprint density at radius 2 is 1.97 bits per heavy atom. The van der Waals surface area contributed by atoms with E-state index in [0.717, 1.165) is 0 Å². The smallest absolute Gasteiger partial charge is 0.248 e. The summed E-state index contributed by atoms with van der Waals surface area (Å²) < 4.78 is 12.6. The van der Waals surface area contributed by atoms with Crippen molar-refractivity contribution in [3.05, 3.63) is 36.2 Å². The predicted octanol–water partition coefficient (Wildman–Crippen LogP) is 1.16. The summed E-state index contributed by atoms with van der Waals surface area (Å²) in [7, 11) is 3.09. The molecule has 1 aromatic carbocycles. The second kappa shape index (κ2) is 9.56. The van der Waals surface area contributed by atoms with Gasteiger partial charge in [-0.3, -0.25) is 9.59 Å². The standard InChI is InChI=1S/C22H31N5O5/c1-22(2,3)19(21(30)26-12-15(28)10-16(26)20(29)23-4)27-11-14(24-25-27)13-32-18-9-7-6-8-17(18)31-5/h6-9,11,15-16,19,28H,10,12-13H2,1-5H3,(H,23,29)/t15-,16+,19-/m1/s1. The van der Waals surface area contributed by atoms with Gasteiger partial charge in [-0.05, 0) is 17.5 Å². The molecule has 2 amide bonds. The number of hydrogen-bond acceptors (Lipinski definition) is 7. The average molecular weight is 446 g/mol. The molecule has 0 bridgehead atoms. The summed E-state index contributed by atoms with van der Waals surface area (Å²) in [5.41, 5.74) is 0.0223. The van der Waals surface area contributed by atoms with Gasteiger partial charge in [0, 0.05) is 20.0 Å². The molecular formula is C22H31N5O5. The summed E-state index contributed by atoms with van der Waals surface area (Å²) in [6.07, 6.45) is 1.13. The zero-order chi connectivity index (χ0) is 23.5. The number of amides is 2. The van der Waals surface area contributed by atoms with Gasteiger partial charge in [-0.2, -0.15) is 0 Å². The lowest BCUT2D eigenvalue weighted by atomic mass is 9.85. The topological polar surface area (TPSA) is 119 Å². The molecule has 1 aliphatic rings. The molecule has 1 aromatic heterocycles.